The number of amides is 1. The summed E-state index contributed by atoms with van der Waals surface area (Å²) in [7, 11) is 0. The standard InChI is InChI=1S/C16H19N3OS2/c1-4-13-11(3)22-9-14(13)15(20)18-19(16(17)21)12-7-5-6-10(2)8-12/h5-9H,4H2,1-3H3,(H2,17,21)(H,18,20). The van der Waals surface area contributed by atoms with Crippen LogP contribution in [0.1, 0.15) is 33.3 Å². The zero-order valence-corrected chi connectivity index (χ0v) is 14.5. The van der Waals surface area contributed by atoms with Crippen molar-refractivity contribution in [3.05, 3.63) is 51.2 Å². The van der Waals surface area contributed by atoms with E-state index >= 15 is 0 Å². The maximum absolute atomic E-state index is 12.5. The molecule has 0 aliphatic heterocycles. The van der Waals surface area contributed by atoms with Crippen molar-refractivity contribution in [3.63, 3.8) is 0 Å². The van der Waals surface area contributed by atoms with Crippen molar-refractivity contribution >= 4 is 40.3 Å². The smallest absolute Gasteiger partial charge is 0.271 e. The van der Waals surface area contributed by atoms with Crippen molar-refractivity contribution in [2.24, 2.45) is 5.73 Å². The Kier molecular flexibility index (Phi) is 5.15. The predicted octanol–water partition coefficient (Wildman–Crippen LogP) is 3.32. The molecule has 1 heterocycles. The molecule has 3 N–H and O–H groups in total. The SMILES string of the molecule is CCc1c(C(=O)NN(C(N)=S)c2cccc(C)c2)csc1C. The van der Waals surface area contributed by atoms with Crippen LogP contribution >= 0.6 is 23.6 Å². The Bertz CT molecular complexity index is 709. The molecule has 2 aromatic rings. The van der Waals surface area contributed by atoms with Gasteiger partial charge >= 0.3 is 0 Å². The summed E-state index contributed by atoms with van der Waals surface area (Å²) < 4.78 is 0. The normalized spacial score (nSPS) is 10.3. The van der Waals surface area contributed by atoms with Crippen LogP contribution in [-0.2, 0) is 6.42 Å². The number of hydrogen-bond donors (Lipinski definition) is 2. The quantitative estimate of drug-likeness (QED) is 0.668. The molecule has 0 fully saturated rings. The van der Waals surface area contributed by atoms with Gasteiger partial charge in [-0.3, -0.25) is 10.2 Å². The molecule has 1 aromatic heterocycles. The first kappa shape index (κ1) is 16.5. The molecule has 0 aliphatic carbocycles. The van der Waals surface area contributed by atoms with Gasteiger partial charge in [0.15, 0.2) is 5.11 Å². The minimum absolute atomic E-state index is 0.101. The fourth-order valence-electron chi connectivity index (χ4n) is 2.28. The summed E-state index contributed by atoms with van der Waals surface area (Å²) in [6.45, 7) is 6.03. The molecule has 0 atom stereocenters. The van der Waals surface area contributed by atoms with Gasteiger partial charge < -0.3 is 5.73 Å². The van der Waals surface area contributed by atoms with Crippen molar-refractivity contribution in [3.8, 4) is 0 Å². The van der Waals surface area contributed by atoms with E-state index in [1.54, 1.807) is 11.3 Å². The zero-order chi connectivity index (χ0) is 16.3. The summed E-state index contributed by atoms with van der Waals surface area (Å²) in [6.07, 6.45) is 0.815. The number of thiophene rings is 1. The maximum atomic E-state index is 12.5. The topological polar surface area (TPSA) is 58.4 Å². The molecule has 0 bridgehead atoms. The fraction of sp³-hybridized carbons (Fsp3) is 0.250. The number of nitrogens with two attached hydrogens (primary N) is 1. The molecule has 0 saturated heterocycles. The van der Waals surface area contributed by atoms with Crippen LogP contribution in [0.3, 0.4) is 0 Å². The van der Waals surface area contributed by atoms with Crippen LogP contribution in [0.4, 0.5) is 5.69 Å². The van der Waals surface area contributed by atoms with Crippen LogP contribution in [0.5, 0.6) is 0 Å². The Balaban J connectivity index is 2.28. The van der Waals surface area contributed by atoms with E-state index in [-0.39, 0.29) is 11.0 Å². The summed E-state index contributed by atoms with van der Waals surface area (Å²) in [5, 5.41) is 3.41. The number of nitrogens with one attached hydrogen (secondary N) is 1. The van der Waals surface area contributed by atoms with Crippen molar-refractivity contribution < 1.29 is 4.79 Å². The third-order valence-corrected chi connectivity index (χ3v) is 4.53. The highest BCUT2D eigenvalue weighted by Crippen LogP contribution is 2.23. The van der Waals surface area contributed by atoms with E-state index in [9.17, 15) is 4.79 Å². The first-order chi connectivity index (χ1) is 10.4. The monoisotopic (exact) mass is 333 g/mol. The molecular weight excluding hydrogens is 314 g/mol. The van der Waals surface area contributed by atoms with Gasteiger partial charge in [-0.2, -0.15) is 0 Å². The Hall–Kier alpha value is -1.92. The number of rotatable bonds is 3. The first-order valence-electron chi connectivity index (χ1n) is 6.98. The molecular formula is C16H19N3OS2. The van der Waals surface area contributed by atoms with E-state index in [1.807, 2.05) is 50.4 Å². The fourth-order valence-corrected chi connectivity index (χ4v) is 3.38. The molecule has 2 rings (SSSR count). The number of thiocarbonyl (C=S) groups is 1. The Labute approximate surface area is 139 Å². The third-order valence-electron chi connectivity index (χ3n) is 3.40. The molecule has 0 radical (unpaired) electrons. The molecule has 4 nitrogen and oxygen atoms in total. The Morgan fingerprint density at radius 2 is 2.14 bits per heavy atom. The van der Waals surface area contributed by atoms with Gasteiger partial charge in [-0.15, -0.1) is 11.3 Å². The average Bonchev–Trinajstić information content (AvgIpc) is 2.85. The average molecular weight is 333 g/mol. The minimum atomic E-state index is -0.199. The van der Waals surface area contributed by atoms with Crippen LogP contribution < -0.4 is 16.2 Å². The number of hydrogen-bond acceptors (Lipinski definition) is 3. The number of aryl methyl sites for hydroxylation is 2. The minimum Gasteiger partial charge on any atom is -0.374 e. The highest BCUT2D eigenvalue weighted by Gasteiger charge is 2.18. The van der Waals surface area contributed by atoms with Gasteiger partial charge in [0.2, 0.25) is 0 Å². The second kappa shape index (κ2) is 6.89. The number of benzene rings is 1. The van der Waals surface area contributed by atoms with E-state index in [1.165, 1.54) is 5.01 Å². The van der Waals surface area contributed by atoms with Gasteiger partial charge in [0.1, 0.15) is 0 Å². The van der Waals surface area contributed by atoms with Crippen LogP contribution in [0.2, 0.25) is 0 Å². The van der Waals surface area contributed by atoms with E-state index in [0.29, 0.717) is 5.56 Å². The van der Waals surface area contributed by atoms with E-state index in [0.717, 1.165) is 28.1 Å². The second-order valence-electron chi connectivity index (χ2n) is 4.99. The molecule has 1 aromatic carbocycles. The number of nitrogens with zero attached hydrogens (tertiary/aromatic N) is 1. The summed E-state index contributed by atoms with van der Waals surface area (Å²) in [6, 6.07) is 7.64. The van der Waals surface area contributed by atoms with Crippen molar-refractivity contribution in [1.29, 1.82) is 0 Å². The number of carbonyl (C=O) groups excluding carboxylic acids is 1. The highest BCUT2D eigenvalue weighted by molar-refractivity contribution is 7.80. The lowest BCUT2D eigenvalue weighted by atomic mass is 10.1. The molecule has 6 heteroatoms. The molecule has 0 spiro atoms. The number of carbonyl (C=O) groups is 1. The van der Waals surface area contributed by atoms with Crippen molar-refractivity contribution in [2.45, 2.75) is 27.2 Å². The van der Waals surface area contributed by atoms with Crippen LogP contribution in [0, 0.1) is 13.8 Å². The summed E-state index contributed by atoms with van der Waals surface area (Å²) in [4.78, 5) is 13.7. The molecule has 1 amide bonds. The van der Waals surface area contributed by atoms with Crippen LogP contribution in [0.15, 0.2) is 29.6 Å². The van der Waals surface area contributed by atoms with E-state index < -0.39 is 0 Å². The van der Waals surface area contributed by atoms with E-state index in [4.69, 9.17) is 18.0 Å². The Morgan fingerprint density at radius 3 is 2.73 bits per heavy atom. The predicted molar refractivity (Wildman–Crippen MR) is 96.3 cm³/mol. The van der Waals surface area contributed by atoms with Gasteiger partial charge in [0, 0.05) is 10.3 Å². The van der Waals surface area contributed by atoms with Gasteiger partial charge in [-0.1, -0.05) is 19.1 Å². The number of anilines is 1. The summed E-state index contributed by atoms with van der Waals surface area (Å²) in [5.41, 5.74) is 12.1. The van der Waals surface area contributed by atoms with Gasteiger partial charge in [-0.25, -0.2) is 5.01 Å². The van der Waals surface area contributed by atoms with E-state index in [2.05, 4.69) is 5.43 Å². The lowest BCUT2D eigenvalue weighted by Crippen LogP contribution is -2.49. The summed E-state index contributed by atoms with van der Waals surface area (Å²) in [5.74, 6) is -0.199. The van der Waals surface area contributed by atoms with Crippen molar-refractivity contribution in [1.82, 2.24) is 5.43 Å². The van der Waals surface area contributed by atoms with Crippen LogP contribution in [0.25, 0.3) is 0 Å². The summed E-state index contributed by atoms with van der Waals surface area (Å²) >= 11 is 6.64. The molecule has 0 aliphatic rings. The molecule has 116 valence electrons. The lowest BCUT2D eigenvalue weighted by molar-refractivity contribution is 0.0954. The molecule has 22 heavy (non-hydrogen) atoms. The number of hydrazine groups is 1. The van der Waals surface area contributed by atoms with Crippen molar-refractivity contribution in [2.75, 3.05) is 5.01 Å². The largest absolute Gasteiger partial charge is 0.374 e. The molecule has 0 unspecified atom stereocenters. The lowest BCUT2D eigenvalue weighted by Gasteiger charge is -2.23. The van der Waals surface area contributed by atoms with Crippen LogP contribution in [-0.4, -0.2) is 11.0 Å². The third kappa shape index (κ3) is 3.45. The maximum Gasteiger partial charge on any atom is 0.271 e. The molecule has 0 saturated carbocycles. The first-order valence-corrected chi connectivity index (χ1v) is 8.27. The highest BCUT2D eigenvalue weighted by atomic mass is 32.1. The zero-order valence-electron chi connectivity index (χ0n) is 12.8. The van der Waals surface area contributed by atoms with Gasteiger partial charge in [0.05, 0.1) is 11.3 Å². The second-order valence-corrected chi connectivity index (χ2v) is 6.49. The van der Waals surface area contributed by atoms with Gasteiger partial charge in [0.25, 0.3) is 5.91 Å². The van der Waals surface area contributed by atoms with Gasteiger partial charge in [-0.05, 0) is 55.7 Å². The Morgan fingerprint density at radius 1 is 1.41 bits per heavy atom.